The van der Waals surface area contributed by atoms with Crippen molar-refractivity contribution in [2.45, 2.75) is 39.7 Å². The van der Waals surface area contributed by atoms with E-state index in [-0.39, 0.29) is 0 Å². The van der Waals surface area contributed by atoms with Crippen LogP contribution in [0.5, 0.6) is 5.75 Å². The van der Waals surface area contributed by atoms with E-state index in [1.807, 2.05) is 13.0 Å². The van der Waals surface area contributed by atoms with Gasteiger partial charge in [0.05, 0.1) is 6.61 Å². The molecule has 3 heteroatoms. The first-order chi connectivity index (χ1) is 9.72. The van der Waals surface area contributed by atoms with Gasteiger partial charge in [-0.25, -0.2) is 0 Å². The highest BCUT2D eigenvalue weighted by Crippen LogP contribution is 2.27. The Bertz CT molecular complexity index is 368. The van der Waals surface area contributed by atoms with E-state index in [1.54, 1.807) is 7.11 Å². The van der Waals surface area contributed by atoms with E-state index >= 15 is 0 Å². The highest BCUT2D eigenvalue weighted by molar-refractivity contribution is 5.31. The summed E-state index contributed by atoms with van der Waals surface area (Å²) in [5.41, 5.74) is 1.30. The molecule has 0 aromatic heterocycles. The van der Waals surface area contributed by atoms with Gasteiger partial charge in [-0.05, 0) is 49.9 Å². The summed E-state index contributed by atoms with van der Waals surface area (Å²) in [6, 6.07) is 8.78. The molecule has 20 heavy (non-hydrogen) atoms. The molecule has 0 aliphatic carbocycles. The van der Waals surface area contributed by atoms with Gasteiger partial charge >= 0.3 is 0 Å². The maximum atomic E-state index is 5.61. The Morgan fingerprint density at radius 3 is 2.70 bits per heavy atom. The number of nitrogens with one attached hydrogen (secondary N) is 1. The van der Waals surface area contributed by atoms with Gasteiger partial charge in [0.2, 0.25) is 0 Å². The summed E-state index contributed by atoms with van der Waals surface area (Å²) in [7, 11) is 1.76. The van der Waals surface area contributed by atoms with Crippen LogP contribution in [-0.4, -0.2) is 26.9 Å². The third kappa shape index (κ3) is 5.51. The van der Waals surface area contributed by atoms with Gasteiger partial charge in [0.15, 0.2) is 0 Å². The standard InChI is InChI=1S/C17H29NO2/c1-5-11-18-17(14(3)10-12-19-4)15-8-7-9-16(13-15)20-6-2/h7-9,13-14,17-18H,5-6,10-12H2,1-4H3. The molecule has 0 aliphatic heterocycles. The lowest BCUT2D eigenvalue weighted by atomic mass is 9.92. The van der Waals surface area contributed by atoms with Crippen LogP contribution in [-0.2, 0) is 4.74 Å². The average Bonchev–Trinajstić information content (AvgIpc) is 2.46. The van der Waals surface area contributed by atoms with Gasteiger partial charge in [-0.3, -0.25) is 0 Å². The minimum atomic E-state index is 0.352. The lowest BCUT2D eigenvalue weighted by Crippen LogP contribution is -2.28. The predicted molar refractivity (Wildman–Crippen MR) is 84.3 cm³/mol. The molecule has 0 saturated heterocycles. The van der Waals surface area contributed by atoms with Gasteiger partial charge in [0.1, 0.15) is 5.75 Å². The molecule has 114 valence electrons. The van der Waals surface area contributed by atoms with Crippen LogP contribution in [0.4, 0.5) is 0 Å². The molecule has 0 amide bonds. The normalized spacial score (nSPS) is 14.0. The monoisotopic (exact) mass is 279 g/mol. The van der Waals surface area contributed by atoms with Gasteiger partial charge < -0.3 is 14.8 Å². The first-order valence-electron chi connectivity index (χ1n) is 7.68. The van der Waals surface area contributed by atoms with Crippen LogP contribution in [0.3, 0.4) is 0 Å². The van der Waals surface area contributed by atoms with Gasteiger partial charge in [-0.15, -0.1) is 0 Å². The molecule has 3 nitrogen and oxygen atoms in total. The molecule has 1 N–H and O–H groups in total. The second-order valence-electron chi connectivity index (χ2n) is 5.20. The van der Waals surface area contributed by atoms with Crippen molar-refractivity contribution < 1.29 is 9.47 Å². The van der Waals surface area contributed by atoms with E-state index in [2.05, 4.69) is 37.4 Å². The average molecular weight is 279 g/mol. The second kappa shape index (κ2) is 9.78. The lowest BCUT2D eigenvalue weighted by molar-refractivity contribution is 0.170. The molecule has 0 aliphatic rings. The zero-order valence-corrected chi connectivity index (χ0v) is 13.3. The minimum Gasteiger partial charge on any atom is -0.494 e. The van der Waals surface area contributed by atoms with Crippen molar-refractivity contribution in [3.63, 3.8) is 0 Å². The molecule has 0 radical (unpaired) electrons. The van der Waals surface area contributed by atoms with E-state index in [0.29, 0.717) is 18.6 Å². The summed E-state index contributed by atoms with van der Waals surface area (Å²) in [6.45, 7) is 9.02. The van der Waals surface area contributed by atoms with E-state index in [4.69, 9.17) is 9.47 Å². The van der Waals surface area contributed by atoms with Crippen molar-refractivity contribution >= 4 is 0 Å². The molecule has 0 spiro atoms. The van der Waals surface area contributed by atoms with Crippen molar-refractivity contribution in [2.75, 3.05) is 26.9 Å². The number of hydrogen-bond donors (Lipinski definition) is 1. The van der Waals surface area contributed by atoms with Crippen LogP contribution in [0.15, 0.2) is 24.3 Å². The summed E-state index contributed by atoms with van der Waals surface area (Å²) < 4.78 is 10.8. The summed E-state index contributed by atoms with van der Waals surface area (Å²) in [4.78, 5) is 0. The minimum absolute atomic E-state index is 0.352. The summed E-state index contributed by atoms with van der Waals surface area (Å²) >= 11 is 0. The van der Waals surface area contributed by atoms with Crippen molar-refractivity contribution in [3.8, 4) is 5.75 Å². The molecular weight excluding hydrogens is 250 g/mol. The van der Waals surface area contributed by atoms with E-state index in [1.165, 1.54) is 5.56 Å². The van der Waals surface area contributed by atoms with Gasteiger partial charge in [-0.2, -0.15) is 0 Å². The van der Waals surface area contributed by atoms with Gasteiger partial charge in [-0.1, -0.05) is 26.0 Å². The number of ether oxygens (including phenoxy) is 2. The number of methoxy groups -OCH3 is 1. The number of rotatable bonds is 10. The fourth-order valence-corrected chi connectivity index (χ4v) is 2.38. The Balaban J connectivity index is 2.82. The molecule has 1 aromatic carbocycles. The zero-order valence-electron chi connectivity index (χ0n) is 13.3. The van der Waals surface area contributed by atoms with Crippen LogP contribution >= 0.6 is 0 Å². The lowest BCUT2D eigenvalue weighted by Gasteiger charge is -2.26. The van der Waals surface area contributed by atoms with Crippen molar-refractivity contribution in [2.24, 2.45) is 5.92 Å². The molecular formula is C17H29NO2. The molecule has 1 rings (SSSR count). The predicted octanol–water partition coefficient (Wildman–Crippen LogP) is 3.80. The highest BCUT2D eigenvalue weighted by atomic mass is 16.5. The summed E-state index contributed by atoms with van der Waals surface area (Å²) in [5, 5.41) is 3.65. The van der Waals surface area contributed by atoms with Crippen LogP contribution in [0.25, 0.3) is 0 Å². The highest BCUT2D eigenvalue weighted by Gasteiger charge is 2.18. The molecule has 1 aromatic rings. The molecule has 0 saturated carbocycles. The largest absolute Gasteiger partial charge is 0.494 e. The third-order valence-corrected chi connectivity index (χ3v) is 3.49. The second-order valence-corrected chi connectivity index (χ2v) is 5.20. The SMILES string of the molecule is CCCNC(c1cccc(OCC)c1)C(C)CCOC. The molecule has 0 fully saturated rings. The Hall–Kier alpha value is -1.06. The van der Waals surface area contributed by atoms with E-state index < -0.39 is 0 Å². The smallest absolute Gasteiger partial charge is 0.119 e. The number of hydrogen-bond acceptors (Lipinski definition) is 3. The fraction of sp³-hybridized carbons (Fsp3) is 0.647. The summed E-state index contributed by atoms with van der Waals surface area (Å²) in [5.74, 6) is 1.48. The zero-order chi connectivity index (χ0) is 14.8. The molecule has 2 unspecified atom stereocenters. The van der Waals surface area contributed by atoms with E-state index in [0.717, 1.165) is 31.7 Å². The molecule has 0 heterocycles. The Labute approximate surface area is 123 Å². The Morgan fingerprint density at radius 2 is 2.05 bits per heavy atom. The quantitative estimate of drug-likeness (QED) is 0.706. The first-order valence-corrected chi connectivity index (χ1v) is 7.68. The maximum Gasteiger partial charge on any atom is 0.119 e. The van der Waals surface area contributed by atoms with Crippen molar-refractivity contribution in [1.82, 2.24) is 5.32 Å². The van der Waals surface area contributed by atoms with Crippen LogP contribution < -0.4 is 10.1 Å². The van der Waals surface area contributed by atoms with E-state index in [9.17, 15) is 0 Å². The van der Waals surface area contributed by atoms with Crippen molar-refractivity contribution in [1.29, 1.82) is 0 Å². The van der Waals surface area contributed by atoms with Crippen LogP contribution in [0.1, 0.15) is 45.2 Å². The first kappa shape index (κ1) is 17.0. The molecule has 0 bridgehead atoms. The third-order valence-electron chi connectivity index (χ3n) is 3.49. The Kier molecular flexibility index (Phi) is 8.31. The number of benzene rings is 1. The van der Waals surface area contributed by atoms with Crippen molar-refractivity contribution in [3.05, 3.63) is 29.8 Å². The topological polar surface area (TPSA) is 30.5 Å². The van der Waals surface area contributed by atoms with Crippen LogP contribution in [0.2, 0.25) is 0 Å². The maximum absolute atomic E-state index is 5.61. The molecule has 2 atom stereocenters. The fourth-order valence-electron chi connectivity index (χ4n) is 2.38. The van der Waals surface area contributed by atoms with Crippen LogP contribution in [0, 0.1) is 5.92 Å². The Morgan fingerprint density at radius 1 is 1.25 bits per heavy atom. The van der Waals surface area contributed by atoms with Gasteiger partial charge in [0.25, 0.3) is 0 Å². The summed E-state index contributed by atoms with van der Waals surface area (Å²) in [6.07, 6.45) is 2.19. The van der Waals surface area contributed by atoms with Gasteiger partial charge in [0, 0.05) is 19.8 Å².